The van der Waals surface area contributed by atoms with E-state index in [9.17, 15) is 26.7 Å². The molecule has 1 aromatic carbocycles. The van der Waals surface area contributed by atoms with Crippen LogP contribution in [0.15, 0.2) is 68.8 Å². The standard InChI is InChI=1S/C23H25F3N2O5S2/c1-22(29,23(24,25)26)17-6-8-18(9-7-17)28-11-10-27(35(30,31)21-5-3-13-34-21)14-19(28)15-32-16-20-4-2-12-33-20/h2-9,12-13,19,29H,10-11,14-16H2,1H3/t19-,22-/m1/s1. The molecule has 2 atom stereocenters. The fraction of sp³-hybridized carbons (Fsp3) is 0.391. The van der Waals surface area contributed by atoms with Gasteiger partial charge in [0.25, 0.3) is 10.0 Å². The number of sulfonamides is 1. The van der Waals surface area contributed by atoms with Gasteiger partial charge in [0, 0.05) is 25.3 Å². The second-order valence-electron chi connectivity index (χ2n) is 8.35. The number of hydrogen-bond acceptors (Lipinski definition) is 7. The molecule has 1 aliphatic rings. The molecule has 3 aromatic rings. The minimum absolute atomic E-state index is 0.139. The molecule has 190 valence electrons. The van der Waals surface area contributed by atoms with E-state index in [0.717, 1.165) is 11.3 Å². The van der Waals surface area contributed by atoms with Crippen LogP contribution in [0.1, 0.15) is 18.2 Å². The number of halogens is 3. The molecular formula is C23H25F3N2O5S2. The van der Waals surface area contributed by atoms with Gasteiger partial charge in [0.2, 0.25) is 0 Å². The van der Waals surface area contributed by atoms with E-state index in [0.29, 0.717) is 24.9 Å². The number of piperazine rings is 1. The normalized spacial score (nSPS) is 19.6. The van der Waals surface area contributed by atoms with Gasteiger partial charge in [-0.25, -0.2) is 8.42 Å². The van der Waals surface area contributed by atoms with Crippen molar-refractivity contribution in [3.05, 3.63) is 71.5 Å². The number of alkyl halides is 3. The molecule has 0 unspecified atom stereocenters. The molecular weight excluding hydrogens is 505 g/mol. The number of anilines is 1. The van der Waals surface area contributed by atoms with Crippen molar-refractivity contribution < 1.29 is 35.8 Å². The number of rotatable bonds is 8. The minimum atomic E-state index is -4.82. The van der Waals surface area contributed by atoms with Gasteiger partial charge in [0.1, 0.15) is 16.6 Å². The monoisotopic (exact) mass is 530 g/mol. The lowest BCUT2D eigenvalue weighted by Gasteiger charge is -2.42. The van der Waals surface area contributed by atoms with Crippen LogP contribution in [0, 0.1) is 0 Å². The van der Waals surface area contributed by atoms with Crippen molar-refractivity contribution in [1.29, 1.82) is 0 Å². The van der Waals surface area contributed by atoms with Crippen molar-refractivity contribution in [3.63, 3.8) is 0 Å². The van der Waals surface area contributed by atoms with E-state index in [4.69, 9.17) is 9.15 Å². The summed E-state index contributed by atoms with van der Waals surface area (Å²) in [4.78, 5) is 1.91. The van der Waals surface area contributed by atoms with E-state index in [-0.39, 0.29) is 36.1 Å². The Balaban J connectivity index is 1.55. The molecule has 1 aliphatic heterocycles. The summed E-state index contributed by atoms with van der Waals surface area (Å²) in [5.41, 5.74) is -2.66. The second-order valence-corrected chi connectivity index (χ2v) is 11.5. The summed E-state index contributed by atoms with van der Waals surface area (Å²) in [6, 6.07) is 11.8. The zero-order valence-electron chi connectivity index (χ0n) is 18.8. The average Bonchev–Trinajstić information content (AvgIpc) is 3.53. The molecule has 35 heavy (non-hydrogen) atoms. The van der Waals surface area contributed by atoms with Crippen molar-refractivity contribution in [3.8, 4) is 0 Å². The summed E-state index contributed by atoms with van der Waals surface area (Å²) in [6.45, 7) is 1.73. The van der Waals surface area contributed by atoms with Gasteiger partial charge in [-0.05, 0) is 48.2 Å². The van der Waals surface area contributed by atoms with Crippen LogP contribution in [-0.4, -0.2) is 56.3 Å². The fourth-order valence-corrected chi connectivity index (χ4v) is 6.51. The van der Waals surface area contributed by atoms with Crippen LogP contribution in [0.2, 0.25) is 0 Å². The SMILES string of the molecule is C[C@@](O)(c1ccc(N2CCN(S(=O)(=O)c3cccs3)C[C@@H]2COCc2ccco2)cc1)C(F)(F)F. The molecule has 0 saturated carbocycles. The highest BCUT2D eigenvalue weighted by Gasteiger charge is 2.51. The first-order valence-corrected chi connectivity index (χ1v) is 13.1. The largest absolute Gasteiger partial charge is 0.467 e. The topological polar surface area (TPSA) is 83.2 Å². The van der Waals surface area contributed by atoms with Gasteiger partial charge in [-0.1, -0.05) is 18.2 Å². The number of aliphatic hydroxyl groups is 1. The van der Waals surface area contributed by atoms with Crippen LogP contribution in [0.25, 0.3) is 0 Å². The van der Waals surface area contributed by atoms with Crippen molar-refractivity contribution >= 4 is 27.0 Å². The Morgan fingerprint density at radius 2 is 1.89 bits per heavy atom. The van der Waals surface area contributed by atoms with Crippen molar-refractivity contribution in [2.24, 2.45) is 0 Å². The highest BCUT2D eigenvalue weighted by atomic mass is 32.2. The van der Waals surface area contributed by atoms with Crippen LogP contribution in [0.3, 0.4) is 0 Å². The van der Waals surface area contributed by atoms with Gasteiger partial charge < -0.3 is 19.2 Å². The number of ether oxygens (including phenoxy) is 1. The van der Waals surface area contributed by atoms with Crippen LogP contribution in [0.4, 0.5) is 18.9 Å². The quantitative estimate of drug-likeness (QED) is 0.470. The van der Waals surface area contributed by atoms with E-state index >= 15 is 0 Å². The Hall–Kier alpha value is -2.38. The first-order chi connectivity index (χ1) is 16.5. The van der Waals surface area contributed by atoms with Crippen molar-refractivity contribution in [2.75, 3.05) is 31.1 Å². The molecule has 4 rings (SSSR count). The summed E-state index contributed by atoms with van der Waals surface area (Å²) >= 11 is 1.14. The summed E-state index contributed by atoms with van der Waals surface area (Å²) < 4.78 is 78.5. The first kappa shape index (κ1) is 25.7. The number of furan rings is 1. The smallest absolute Gasteiger partial charge is 0.421 e. The van der Waals surface area contributed by atoms with E-state index in [1.54, 1.807) is 29.6 Å². The summed E-state index contributed by atoms with van der Waals surface area (Å²) in [5, 5.41) is 11.7. The van der Waals surface area contributed by atoms with Gasteiger partial charge in [-0.3, -0.25) is 0 Å². The lowest BCUT2D eigenvalue weighted by atomic mass is 9.95. The zero-order valence-corrected chi connectivity index (χ0v) is 20.4. The molecule has 12 heteroatoms. The average molecular weight is 531 g/mol. The molecule has 1 N–H and O–H groups in total. The Kier molecular flexibility index (Phi) is 7.30. The molecule has 0 radical (unpaired) electrons. The minimum Gasteiger partial charge on any atom is -0.467 e. The molecule has 7 nitrogen and oxygen atoms in total. The maximum atomic E-state index is 13.2. The van der Waals surface area contributed by atoms with Crippen LogP contribution < -0.4 is 4.90 Å². The third kappa shape index (κ3) is 5.41. The van der Waals surface area contributed by atoms with Crippen molar-refractivity contribution in [2.45, 2.75) is 35.6 Å². The number of hydrogen-bond donors (Lipinski definition) is 1. The lowest BCUT2D eigenvalue weighted by molar-refractivity contribution is -0.258. The van der Waals surface area contributed by atoms with Gasteiger partial charge >= 0.3 is 6.18 Å². The molecule has 3 heterocycles. The highest BCUT2D eigenvalue weighted by molar-refractivity contribution is 7.91. The summed E-state index contributed by atoms with van der Waals surface area (Å²) in [5.74, 6) is 0.620. The Morgan fingerprint density at radius 1 is 1.14 bits per heavy atom. The molecule has 2 aromatic heterocycles. The van der Waals surface area contributed by atoms with Gasteiger partial charge in [0.15, 0.2) is 5.60 Å². The number of benzene rings is 1. The Bertz CT molecular complexity index is 1200. The van der Waals surface area contributed by atoms with Crippen LogP contribution in [-0.2, 0) is 27.0 Å². The number of thiophene rings is 1. The summed E-state index contributed by atoms with van der Waals surface area (Å²) in [7, 11) is -3.67. The first-order valence-electron chi connectivity index (χ1n) is 10.8. The van der Waals surface area contributed by atoms with Gasteiger partial charge in [-0.2, -0.15) is 17.5 Å². The second kappa shape index (κ2) is 9.94. The predicted octanol–water partition coefficient (Wildman–Crippen LogP) is 4.21. The molecule has 1 saturated heterocycles. The van der Waals surface area contributed by atoms with E-state index in [2.05, 4.69) is 0 Å². The maximum absolute atomic E-state index is 13.2. The number of nitrogens with zero attached hydrogens (tertiary/aromatic N) is 2. The van der Waals surface area contributed by atoms with Gasteiger partial charge in [0.05, 0.1) is 18.9 Å². The third-order valence-electron chi connectivity index (χ3n) is 5.98. The maximum Gasteiger partial charge on any atom is 0.421 e. The summed E-state index contributed by atoms with van der Waals surface area (Å²) in [6.07, 6.45) is -3.29. The molecule has 1 fully saturated rings. The molecule has 0 aliphatic carbocycles. The zero-order chi connectivity index (χ0) is 25.3. The highest BCUT2D eigenvalue weighted by Crippen LogP contribution is 2.39. The molecule has 0 amide bonds. The predicted molar refractivity (Wildman–Crippen MR) is 125 cm³/mol. The molecule has 0 bridgehead atoms. The van der Waals surface area contributed by atoms with E-state index in [1.165, 1.54) is 34.8 Å². The van der Waals surface area contributed by atoms with Gasteiger partial charge in [-0.15, -0.1) is 11.3 Å². The van der Waals surface area contributed by atoms with E-state index < -0.39 is 27.8 Å². The van der Waals surface area contributed by atoms with Crippen LogP contribution >= 0.6 is 11.3 Å². The Morgan fingerprint density at radius 3 is 2.49 bits per heavy atom. The van der Waals surface area contributed by atoms with Crippen LogP contribution in [0.5, 0.6) is 0 Å². The molecule has 0 spiro atoms. The lowest BCUT2D eigenvalue weighted by Crippen LogP contribution is -2.56. The fourth-order valence-electron chi connectivity index (χ4n) is 3.90. The Labute approximate surface area is 205 Å². The van der Waals surface area contributed by atoms with E-state index in [1.807, 2.05) is 4.90 Å². The van der Waals surface area contributed by atoms with Crippen molar-refractivity contribution in [1.82, 2.24) is 4.31 Å². The third-order valence-corrected chi connectivity index (χ3v) is 9.22.